The number of alkyl halides is 2. The smallest absolute Gasteiger partial charge is 0.232 e. The number of nitrogen functional groups attached to an aromatic ring is 1. The SMILES string of the molecule is Nc1ccccc1.O=S(=O)(CCCCl)Nc1ccccc1.O=S(=O)(Cl)CCCCl. The summed E-state index contributed by atoms with van der Waals surface area (Å²) in [7, 11) is -1.70. The molecule has 0 aliphatic rings. The van der Waals surface area contributed by atoms with Gasteiger partial charge in [-0.25, -0.2) is 16.8 Å². The van der Waals surface area contributed by atoms with Gasteiger partial charge in [0.2, 0.25) is 19.1 Å². The summed E-state index contributed by atoms with van der Waals surface area (Å²) >= 11 is 10.6. The first-order chi connectivity index (χ1) is 13.6. The lowest BCUT2D eigenvalue weighted by Crippen LogP contribution is -2.16. The zero-order valence-electron chi connectivity index (χ0n) is 15.7. The third-order valence-corrected chi connectivity index (χ3v) is 6.06. The third-order valence-electron chi connectivity index (χ3n) is 2.92. The van der Waals surface area contributed by atoms with Crippen molar-refractivity contribution in [3.05, 3.63) is 60.7 Å². The van der Waals surface area contributed by atoms with E-state index in [4.69, 9.17) is 39.6 Å². The van der Waals surface area contributed by atoms with Crippen LogP contribution in [0.15, 0.2) is 60.7 Å². The Morgan fingerprint density at radius 2 is 1.21 bits per heavy atom. The largest absolute Gasteiger partial charge is 0.399 e. The fourth-order valence-corrected chi connectivity index (χ4v) is 4.18. The van der Waals surface area contributed by atoms with E-state index in [0.717, 1.165) is 5.69 Å². The maximum atomic E-state index is 11.4. The van der Waals surface area contributed by atoms with Gasteiger partial charge in [0.25, 0.3) is 0 Å². The van der Waals surface area contributed by atoms with Gasteiger partial charge < -0.3 is 5.73 Å². The number of nitrogens with two attached hydrogens (primary N) is 1. The molecule has 0 radical (unpaired) electrons. The molecule has 0 aliphatic heterocycles. The average molecular weight is 504 g/mol. The quantitative estimate of drug-likeness (QED) is 0.313. The van der Waals surface area contributed by atoms with Crippen LogP contribution in [0.5, 0.6) is 0 Å². The van der Waals surface area contributed by atoms with Crippen molar-refractivity contribution in [2.45, 2.75) is 12.8 Å². The fraction of sp³-hybridized carbons (Fsp3) is 0.333. The maximum Gasteiger partial charge on any atom is 0.232 e. The van der Waals surface area contributed by atoms with E-state index >= 15 is 0 Å². The Labute approximate surface area is 187 Å². The fourth-order valence-electron chi connectivity index (χ4n) is 1.66. The molecule has 6 nitrogen and oxygen atoms in total. The molecule has 0 atom stereocenters. The number of anilines is 2. The standard InChI is InChI=1S/C9H12ClNO2S.C6H7N.C3H6Cl2O2S/c10-7-4-8-14(12,13)11-9-5-2-1-3-6-9;7-6-4-2-1-3-5-6;4-2-1-3-8(5,6)7/h1-3,5-6,11H,4,7-8H2;1-5H,7H2;1-3H2. The molecule has 2 aromatic carbocycles. The number of rotatable bonds is 8. The Kier molecular flexibility index (Phi) is 15.0. The number of para-hydroxylation sites is 2. The molecule has 0 spiro atoms. The van der Waals surface area contributed by atoms with Gasteiger partial charge in [0.1, 0.15) is 0 Å². The van der Waals surface area contributed by atoms with Gasteiger partial charge in [-0.2, -0.15) is 0 Å². The maximum absolute atomic E-state index is 11.4. The number of benzene rings is 2. The Morgan fingerprint density at radius 1 is 0.759 bits per heavy atom. The van der Waals surface area contributed by atoms with E-state index in [2.05, 4.69) is 4.72 Å². The van der Waals surface area contributed by atoms with E-state index in [9.17, 15) is 16.8 Å². The number of hydrogen-bond acceptors (Lipinski definition) is 5. The van der Waals surface area contributed by atoms with Crippen LogP contribution < -0.4 is 10.5 Å². The summed E-state index contributed by atoms with van der Waals surface area (Å²) in [6.45, 7) is 0. The van der Waals surface area contributed by atoms with Crippen molar-refractivity contribution >= 4 is 64.3 Å². The zero-order valence-corrected chi connectivity index (χ0v) is 19.6. The van der Waals surface area contributed by atoms with Gasteiger partial charge in [0, 0.05) is 33.8 Å². The summed E-state index contributed by atoms with van der Waals surface area (Å²) in [5.41, 5.74) is 6.76. The molecule has 3 N–H and O–H groups in total. The van der Waals surface area contributed by atoms with Gasteiger partial charge in [0.05, 0.1) is 11.5 Å². The highest BCUT2D eigenvalue weighted by atomic mass is 35.7. The molecular weight excluding hydrogens is 479 g/mol. The molecule has 0 heterocycles. The Bertz CT molecular complexity index is 866. The van der Waals surface area contributed by atoms with Crippen molar-refractivity contribution in [2.75, 3.05) is 33.7 Å². The molecule has 0 aliphatic carbocycles. The predicted molar refractivity (Wildman–Crippen MR) is 125 cm³/mol. The molecule has 0 saturated carbocycles. The first kappa shape index (κ1) is 27.8. The van der Waals surface area contributed by atoms with Gasteiger partial charge in [-0.3, -0.25) is 4.72 Å². The summed E-state index contributed by atoms with van der Waals surface area (Å²) in [5, 5.41) is 0. The van der Waals surface area contributed by atoms with E-state index in [-0.39, 0.29) is 11.5 Å². The monoisotopic (exact) mass is 502 g/mol. The molecule has 0 saturated heterocycles. The number of hydrogen-bond donors (Lipinski definition) is 2. The first-order valence-corrected chi connectivity index (χ1v) is 13.7. The van der Waals surface area contributed by atoms with Crippen LogP contribution >= 0.6 is 33.9 Å². The normalized spacial score (nSPS) is 10.7. The number of halogens is 3. The Hall–Kier alpha value is -1.19. The summed E-state index contributed by atoms with van der Waals surface area (Å²) in [5.74, 6) is 0.727. The molecule has 0 aromatic heterocycles. The molecular formula is C18H25Cl3N2O4S2. The second-order valence-corrected chi connectivity index (χ2v) is 11.0. The molecule has 2 aromatic rings. The molecule has 2 rings (SSSR count). The number of nitrogens with one attached hydrogen (secondary N) is 1. The van der Waals surface area contributed by atoms with Crippen molar-refractivity contribution in [3.8, 4) is 0 Å². The second-order valence-electron chi connectivity index (χ2n) is 5.53. The van der Waals surface area contributed by atoms with Gasteiger partial charge in [-0.05, 0) is 37.1 Å². The average Bonchev–Trinajstić information content (AvgIpc) is 2.66. The van der Waals surface area contributed by atoms with E-state index in [0.29, 0.717) is 30.3 Å². The van der Waals surface area contributed by atoms with Gasteiger partial charge in [-0.15, -0.1) is 23.2 Å². The van der Waals surface area contributed by atoms with Crippen LogP contribution in [0.3, 0.4) is 0 Å². The minimum absolute atomic E-state index is 0.0297. The molecule has 11 heteroatoms. The van der Waals surface area contributed by atoms with E-state index in [1.807, 2.05) is 36.4 Å². The van der Waals surface area contributed by atoms with Gasteiger partial charge in [0.15, 0.2) is 0 Å². The third kappa shape index (κ3) is 18.6. The van der Waals surface area contributed by atoms with E-state index < -0.39 is 19.1 Å². The Morgan fingerprint density at radius 3 is 1.55 bits per heavy atom. The van der Waals surface area contributed by atoms with Crippen molar-refractivity contribution in [3.63, 3.8) is 0 Å². The van der Waals surface area contributed by atoms with E-state index in [1.165, 1.54) is 0 Å². The summed E-state index contributed by atoms with van der Waals surface area (Å²) in [6.07, 6.45) is 0.886. The van der Waals surface area contributed by atoms with Crippen molar-refractivity contribution < 1.29 is 16.8 Å². The molecule has 29 heavy (non-hydrogen) atoms. The highest BCUT2D eigenvalue weighted by Gasteiger charge is 2.08. The second kappa shape index (κ2) is 15.6. The molecule has 0 amide bonds. The molecule has 164 valence electrons. The highest BCUT2D eigenvalue weighted by Crippen LogP contribution is 2.08. The van der Waals surface area contributed by atoms with E-state index in [1.54, 1.807) is 24.3 Å². The minimum Gasteiger partial charge on any atom is -0.399 e. The first-order valence-electron chi connectivity index (χ1n) is 8.50. The molecule has 0 fully saturated rings. The highest BCUT2D eigenvalue weighted by molar-refractivity contribution is 8.13. The lowest BCUT2D eigenvalue weighted by atomic mass is 10.3. The van der Waals surface area contributed by atoms with Crippen molar-refractivity contribution in [2.24, 2.45) is 0 Å². The van der Waals surface area contributed by atoms with Gasteiger partial charge >= 0.3 is 0 Å². The van der Waals surface area contributed by atoms with Crippen LogP contribution in [0.2, 0.25) is 0 Å². The molecule has 0 unspecified atom stereocenters. The van der Waals surface area contributed by atoms with Crippen LogP contribution in [-0.4, -0.2) is 40.1 Å². The summed E-state index contributed by atoms with van der Waals surface area (Å²) in [4.78, 5) is 0. The van der Waals surface area contributed by atoms with Crippen LogP contribution in [0.1, 0.15) is 12.8 Å². The van der Waals surface area contributed by atoms with Crippen molar-refractivity contribution in [1.29, 1.82) is 0 Å². The molecule has 0 bridgehead atoms. The lowest BCUT2D eigenvalue weighted by molar-refractivity contribution is 0.599. The summed E-state index contributed by atoms with van der Waals surface area (Å²) in [6, 6.07) is 18.3. The Balaban J connectivity index is 0.000000444. The van der Waals surface area contributed by atoms with Crippen LogP contribution in [0.4, 0.5) is 11.4 Å². The summed E-state index contributed by atoms with van der Waals surface area (Å²) < 4.78 is 45.4. The van der Waals surface area contributed by atoms with Crippen LogP contribution in [-0.2, 0) is 19.1 Å². The number of sulfonamides is 1. The topological polar surface area (TPSA) is 106 Å². The lowest BCUT2D eigenvalue weighted by Gasteiger charge is -2.06. The van der Waals surface area contributed by atoms with Crippen molar-refractivity contribution in [1.82, 2.24) is 0 Å². The zero-order chi connectivity index (χ0) is 22.2. The van der Waals surface area contributed by atoms with Crippen LogP contribution in [0.25, 0.3) is 0 Å². The van der Waals surface area contributed by atoms with Crippen LogP contribution in [0, 0.1) is 0 Å². The van der Waals surface area contributed by atoms with Gasteiger partial charge in [-0.1, -0.05) is 36.4 Å². The minimum atomic E-state index is -3.30. The predicted octanol–water partition coefficient (Wildman–Crippen LogP) is 4.51.